The van der Waals surface area contributed by atoms with Crippen molar-refractivity contribution in [2.45, 2.75) is 104 Å². The highest BCUT2D eigenvalue weighted by Gasteiger charge is 2.37. The van der Waals surface area contributed by atoms with Crippen LogP contribution in [0.5, 0.6) is 5.75 Å². The summed E-state index contributed by atoms with van der Waals surface area (Å²) < 4.78 is 13.2. The molecule has 0 bridgehead atoms. The predicted molar refractivity (Wildman–Crippen MR) is 280 cm³/mol. The van der Waals surface area contributed by atoms with E-state index >= 15 is 0 Å². The molecule has 4 amide bonds. The number of nitrogens with zero attached hydrogens (tertiary/aromatic N) is 6. The van der Waals surface area contributed by atoms with E-state index in [1.807, 2.05) is 97.0 Å². The van der Waals surface area contributed by atoms with Crippen LogP contribution in [-0.2, 0) is 43.6 Å². The second-order valence-electron chi connectivity index (χ2n) is 19.7. The van der Waals surface area contributed by atoms with E-state index in [1.54, 1.807) is 102 Å². The molecular weight excluding hydrogens is 944 g/mol. The normalized spacial score (nSPS) is 13.9. The number of aliphatic imine (C=N–C) groups is 1. The van der Waals surface area contributed by atoms with Gasteiger partial charge in [0.25, 0.3) is 5.91 Å². The molecule has 0 saturated carbocycles. The second kappa shape index (κ2) is 23.5. The molecule has 1 aliphatic rings. The Hall–Kier alpha value is -7.91. The van der Waals surface area contributed by atoms with Gasteiger partial charge in [0.05, 0.1) is 6.20 Å². The van der Waals surface area contributed by atoms with Crippen molar-refractivity contribution in [3.63, 3.8) is 0 Å². The smallest absolute Gasteiger partial charge is 0.363 e. The maximum atomic E-state index is 14.7. The number of unbranched alkanes of at least 4 members (excludes halogenated alkanes) is 1. The number of hydrogen-bond acceptors (Lipinski definition) is 10. The minimum absolute atomic E-state index is 0.101. The van der Waals surface area contributed by atoms with Gasteiger partial charge in [0.1, 0.15) is 36.7 Å². The number of halogens is 1. The highest BCUT2D eigenvalue weighted by molar-refractivity contribution is 6.31. The van der Waals surface area contributed by atoms with Crippen molar-refractivity contribution in [1.29, 1.82) is 0 Å². The first-order valence-corrected chi connectivity index (χ1v) is 24.6. The van der Waals surface area contributed by atoms with Gasteiger partial charge in [-0.25, -0.2) is 14.5 Å². The summed E-state index contributed by atoms with van der Waals surface area (Å²) in [6, 6.07) is 37.1. The number of benzene rings is 5. The number of amides is 4. The largest absolute Gasteiger partial charge is 0.487 e. The average Bonchev–Trinajstić information content (AvgIpc) is 3.97. The Kier molecular flexibility index (Phi) is 17.1. The molecule has 1 aromatic heterocycles. The van der Waals surface area contributed by atoms with Gasteiger partial charge in [0.15, 0.2) is 5.70 Å². The van der Waals surface area contributed by atoms with Crippen LogP contribution >= 0.6 is 11.6 Å². The molecule has 7 rings (SSSR count). The monoisotopic (exact) mass is 1000 g/mol. The first-order chi connectivity index (χ1) is 34.9. The highest BCUT2D eigenvalue weighted by Crippen LogP contribution is 2.34. The van der Waals surface area contributed by atoms with Crippen LogP contribution in [-0.4, -0.2) is 77.9 Å². The number of hydrogen-bond donors (Lipinski definition) is 2. The number of carbonyl (C=O) groups excluding carboxylic acids is 5. The van der Waals surface area contributed by atoms with Crippen LogP contribution in [0.2, 0.25) is 5.02 Å². The minimum Gasteiger partial charge on any atom is -0.487 e. The molecule has 0 spiro atoms. The van der Waals surface area contributed by atoms with Crippen LogP contribution in [0.4, 0.5) is 0 Å². The number of esters is 1. The Labute approximate surface area is 431 Å². The Morgan fingerprint density at radius 2 is 1.34 bits per heavy atom. The Bertz CT molecular complexity index is 2980. The van der Waals surface area contributed by atoms with E-state index in [2.05, 4.69) is 25.9 Å². The molecule has 2 N–H and O–H groups in total. The van der Waals surface area contributed by atoms with E-state index in [9.17, 15) is 24.0 Å². The summed E-state index contributed by atoms with van der Waals surface area (Å²) in [6.07, 6.45) is 4.54. The number of carbonyl (C=O) groups is 5. The third-order valence-corrected chi connectivity index (χ3v) is 11.8. The van der Waals surface area contributed by atoms with Gasteiger partial charge >= 0.3 is 5.97 Å². The number of aromatic nitrogens is 3. The van der Waals surface area contributed by atoms with Crippen LogP contribution in [0.25, 0.3) is 6.08 Å². The third kappa shape index (κ3) is 14.2. The van der Waals surface area contributed by atoms with E-state index in [-0.39, 0.29) is 43.7 Å². The van der Waals surface area contributed by atoms with Gasteiger partial charge in [0, 0.05) is 51.4 Å². The summed E-state index contributed by atoms with van der Waals surface area (Å²) in [5.74, 6) is -1.64. The fourth-order valence-electron chi connectivity index (χ4n) is 8.11. The standard InChI is InChI=1S/C57H61ClN8O7/c1-8-9-32-65(54(70)41-30-28-38(29-31-41)33-46-55(71)73-53(59-46)40-22-14-11-15-23-40)50(52(69)61-57(5,6)7)44-25-17-19-27-47(44)72-37-42-35-64(63-62-42)36-48(67)66(34-39-20-12-10-13-21-39)49(51(68)60-56(2,3)4)43-24-16-18-26-45(43)58/h10-31,33,35,49-50H,8-9,32,34,36-37H2,1-7H3,(H,60,68)(H,61,69)/b46-33-. The summed E-state index contributed by atoms with van der Waals surface area (Å²) in [6.45, 7) is 13.2. The molecule has 2 atom stereocenters. The van der Waals surface area contributed by atoms with Crippen LogP contribution in [0.3, 0.4) is 0 Å². The highest BCUT2D eigenvalue weighted by atomic mass is 35.5. The number of ether oxygens (including phenoxy) is 2. The summed E-state index contributed by atoms with van der Waals surface area (Å²) in [5, 5.41) is 15.1. The lowest BCUT2D eigenvalue weighted by molar-refractivity contribution is -0.142. The quantitative estimate of drug-likeness (QED) is 0.0591. The van der Waals surface area contributed by atoms with Gasteiger partial charge in [-0.1, -0.05) is 127 Å². The Balaban J connectivity index is 1.13. The van der Waals surface area contributed by atoms with E-state index in [0.29, 0.717) is 50.7 Å². The zero-order valence-electron chi connectivity index (χ0n) is 42.2. The van der Waals surface area contributed by atoms with Crippen LogP contribution in [0.1, 0.15) is 117 Å². The van der Waals surface area contributed by atoms with Gasteiger partial charge in [-0.2, -0.15) is 0 Å². The van der Waals surface area contributed by atoms with Gasteiger partial charge in [-0.05, 0) is 102 Å². The molecule has 5 aromatic carbocycles. The molecule has 6 aromatic rings. The zero-order chi connectivity index (χ0) is 52.3. The summed E-state index contributed by atoms with van der Waals surface area (Å²) in [5.41, 5.74) is 2.59. The van der Waals surface area contributed by atoms with Crippen LogP contribution < -0.4 is 15.4 Å². The molecule has 0 fully saturated rings. The maximum Gasteiger partial charge on any atom is 0.363 e. The molecule has 73 heavy (non-hydrogen) atoms. The van der Waals surface area contributed by atoms with Gasteiger partial charge < -0.3 is 29.9 Å². The lowest BCUT2D eigenvalue weighted by Gasteiger charge is -2.34. The summed E-state index contributed by atoms with van der Waals surface area (Å²) in [7, 11) is 0. The van der Waals surface area contributed by atoms with Crippen molar-refractivity contribution in [3.8, 4) is 5.75 Å². The molecule has 378 valence electrons. The van der Waals surface area contributed by atoms with Crippen molar-refractivity contribution in [2.75, 3.05) is 6.54 Å². The number of nitrogens with one attached hydrogen (secondary N) is 2. The molecule has 0 aliphatic carbocycles. The SMILES string of the molecule is CCCCN(C(=O)c1ccc(/C=C2\N=C(c3ccccc3)OC2=O)cc1)C(C(=O)NC(C)(C)C)c1ccccc1OCc1cn(CC(=O)N(Cc2ccccc2)C(C(=O)NC(C)(C)C)c2ccccc2Cl)nn1. The predicted octanol–water partition coefficient (Wildman–Crippen LogP) is 9.44. The fourth-order valence-corrected chi connectivity index (χ4v) is 8.35. The number of cyclic esters (lactones) is 1. The second-order valence-corrected chi connectivity index (χ2v) is 20.1. The van der Waals surface area contributed by atoms with Crippen molar-refractivity contribution in [3.05, 3.63) is 189 Å². The lowest BCUT2D eigenvalue weighted by Crippen LogP contribution is -2.49. The zero-order valence-corrected chi connectivity index (χ0v) is 42.9. The van der Waals surface area contributed by atoms with Crippen LogP contribution in [0, 0.1) is 0 Å². The molecule has 15 nitrogen and oxygen atoms in total. The minimum atomic E-state index is -1.12. The van der Waals surface area contributed by atoms with Crippen molar-refractivity contribution in [2.24, 2.45) is 4.99 Å². The van der Waals surface area contributed by atoms with E-state index < -0.39 is 46.9 Å². The Morgan fingerprint density at radius 3 is 1.97 bits per heavy atom. The first kappa shape index (κ1) is 52.9. The van der Waals surface area contributed by atoms with Crippen LogP contribution in [0.15, 0.2) is 150 Å². The van der Waals surface area contributed by atoms with E-state index in [0.717, 1.165) is 12.0 Å². The number of para-hydroxylation sites is 1. The third-order valence-electron chi connectivity index (χ3n) is 11.4. The lowest BCUT2D eigenvalue weighted by atomic mass is 9.99. The van der Waals surface area contributed by atoms with Crippen molar-refractivity contribution in [1.82, 2.24) is 35.4 Å². The van der Waals surface area contributed by atoms with Gasteiger partial charge in [0.2, 0.25) is 23.6 Å². The molecule has 2 heterocycles. The topological polar surface area (TPSA) is 177 Å². The first-order valence-electron chi connectivity index (χ1n) is 24.2. The molecular formula is C57H61ClN8O7. The molecule has 0 radical (unpaired) electrons. The molecule has 1 aliphatic heterocycles. The number of rotatable bonds is 19. The fraction of sp³-hybridized carbons (Fsp3) is 0.298. The Morgan fingerprint density at radius 1 is 0.753 bits per heavy atom. The molecule has 2 unspecified atom stereocenters. The van der Waals surface area contributed by atoms with E-state index in [1.165, 1.54) is 9.58 Å². The van der Waals surface area contributed by atoms with Gasteiger partial charge in [-0.3, -0.25) is 19.2 Å². The van der Waals surface area contributed by atoms with Gasteiger partial charge in [-0.15, -0.1) is 5.10 Å². The summed E-state index contributed by atoms with van der Waals surface area (Å²) in [4.78, 5) is 78.2. The van der Waals surface area contributed by atoms with Crippen molar-refractivity contribution >= 4 is 53.2 Å². The maximum absolute atomic E-state index is 14.7. The molecule has 16 heteroatoms. The van der Waals surface area contributed by atoms with Crippen molar-refractivity contribution < 1.29 is 33.4 Å². The molecule has 0 saturated heterocycles. The summed E-state index contributed by atoms with van der Waals surface area (Å²) >= 11 is 6.73. The average molecular weight is 1010 g/mol. The van der Waals surface area contributed by atoms with E-state index in [4.69, 9.17) is 21.1 Å².